The number of hydrogen-bond donors (Lipinski definition) is 1. The zero-order valence-corrected chi connectivity index (χ0v) is 31.5. The van der Waals surface area contributed by atoms with Crippen molar-refractivity contribution in [1.29, 1.82) is 0 Å². The number of allylic oxidation sites excluding steroid dienone is 1. The molecule has 3 heterocycles. The molecule has 12 heteroatoms. The smallest absolute Gasteiger partial charge is 0.286 e. The van der Waals surface area contributed by atoms with Crippen LogP contribution in [0.3, 0.4) is 0 Å². The van der Waals surface area contributed by atoms with E-state index in [1.807, 2.05) is 38.2 Å². The molecule has 1 saturated carbocycles. The molecule has 6 rings (SSSR count). The molecule has 10 nitrogen and oxygen atoms in total. The summed E-state index contributed by atoms with van der Waals surface area (Å²) in [6, 6.07) is 13.3. The summed E-state index contributed by atoms with van der Waals surface area (Å²) in [5, 5.41) is 4.35. The summed E-state index contributed by atoms with van der Waals surface area (Å²) in [5.74, 6) is 0.347. The normalized spacial score (nSPS) is 26.3. The maximum absolute atomic E-state index is 14.8. The largest absolute Gasteiger partial charge is 0.491 e. The van der Waals surface area contributed by atoms with E-state index < -0.39 is 27.0 Å². The molecule has 2 aromatic carbocycles. The molecule has 0 spiro atoms. The highest BCUT2D eigenvalue weighted by atomic mass is 35.5. The molecule has 0 saturated heterocycles. The van der Waals surface area contributed by atoms with Gasteiger partial charge in [-0.2, -0.15) is 5.10 Å². The SMILES string of the molecule is CC[C@@H]1CC/C=C/[C@H](OC)[C@@H]2CC[C@H]2CN2Cc3ccc(Cl)cc3CCCCOc3ccc(cc32)C(=O)N=[S@@]1(=O)NC(=O)CCc1ccnn1C. The Hall–Kier alpha value is -3.67. The van der Waals surface area contributed by atoms with Gasteiger partial charge < -0.3 is 14.4 Å². The van der Waals surface area contributed by atoms with Crippen LogP contribution in [-0.2, 0) is 45.9 Å². The van der Waals surface area contributed by atoms with Crippen LogP contribution in [0.5, 0.6) is 5.75 Å². The standard InChI is InChI=1S/C39H50ClN5O5S/c1-4-33-10-5-6-11-36(49-3)34-17-13-30(34)26-45-25-29-12-15-31(40)23-27(29)9-7-8-22-50-37-18-14-28(24-35(37)45)39(47)43-51(33,48)42-38(46)19-16-32-20-21-41-44(32)2/h6,11-12,14-15,18,20-21,23-24,30,33-34,36H,4-5,7-10,13,16-17,19,22,25-26H2,1-3H3,(H,42,43,46,47,48)/b11-6+/t30-,33+,34+,36-,51-/m0/s1. The van der Waals surface area contributed by atoms with Gasteiger partial charge in [-0.25, -0.2) is 4.21 Å². The number of ether oxygens (including phenoxy) is 2. The predicted molar refractivity (Wildman–Crippen MR) is 201 cm³/mol. The highest BCUT2D eigenvalue weighted by Crippen LogP contribution is 2.42. The second kappa shape index (κ2) is 16.8. The summed E-state index contributed by atoms with van der Waals surface area (Å²) >= 11 is 6.47. The highest BCUT2D eigenvalue weighted by Gasteiger charge is 2.38. The van der Waals surface area contributed by atoms with Gasteiger partial charge in [-0.1, -0.05) is 36.7 Å². The monoisotopic (exact) mass is 735 g/mol. The van der Waals surface area contributed by atoms with Crippen molar-refractivity contribution in [1.82, 2.24) is 14.5 Å². The Kier molecular flexibility index (Phi) is 12.2. The lowest BCUT2D eigenvalue weighted by molar-refractivity contribution is -0.119. The van der Waals surface area contributed by atoms with Crippen molar-refractivity contribution in [3.63, 3.8) is 0 Å². The van der Waals surface area contributed by atoms with Gasteiger partial charge in [0, 0.05) is 56.1 Å². The first-order valence-corrected chi connectivity index (χ1v) is 20.2. The lowest BCUT2D eigenvalue weighted by Gasteiger charge is -2.43. The summed E-state index contributed by atoms with van der Waals surface area (Å²) in [4.78, 5) is 29.8. The fourth-order valence-corrected chi connectivity index (χ4v) is 9.79. The number of aryl methyl sites for hydroxylation is 3. The number of anilines is 1. The molecule has 51 heavy (non-hydrogen) atoms. The molecular formula is C39H50ClN5O5S. The first kappa shape index (κ1) is 37.1. The second-order valence-corrected chi connectivity index (χ2v) is 16.6. The van der Waals surface area contributed by atoms with Crippen molar-refractivity contribution in [3.8, 4) is 5.75 Å². The van der Waals surface area contributed by atoms with E-state index >= 15 is 0 Å². The van der Waals surface area contributed by atoms with Gasteiger partial charge in [0.2, 0.25) is 5.91 Å². The number of carbonyl (C=O) groups excluding carboxylic acids is 2. The Bertz CT molecular complexity index is 1870. The predicted octanol–water partition coefficient (Wildman–Crippen LogP) is 7.24. The maximum Gasteiger partial charge on any atom is 0.286 e. The van der Waals surface area contributed by atoms with Crippen molar-refractivity contribution in [3.05, 3.63) is 88.2 Å². The van der Waals surface area contributed by atoms with Gasteiger partial charge in [0.25, 0.3) is 5.91 Å². The molecular weight excluding hydrogens is 686 g/mol. The molecule has 3 aromatic rings. The van der Waals surface area contributed by atoms with E-state index in [1.165, 1.54) is 11.1 Å². The van der Waals surface area contributed by atoms with Crippen LogP contribution < -0.4 is 14.4 Å². The van der Waals surface area contributed by atoms with Gasteiger partial charge in [-0.3, -0.25) is 19.0 Å². The van der Waals surface area contributed by atoms with Crippen LogP contribution in [0.25, 0.3) is 0 Å². The number of methoxy groups -OCH3 is 1. The van der Waals surface area contributed by atoms with Crippen molar-refractivity contribution in [2.24, 2.45) is 23.2 Å². The van der Waals surface area contributed by atoms with Gasteiger partial charge in [0.1, 0.15) is 15.7 Å². The quantitative estimate of drug-likeness (QED) is 0.266. The molecule has 274 valence electrons. The molecule has 3 aliphatic rings. The lowest BCUT2D eigenvalue weighted by Crippen LogP contribution is -2.43. The molecule has 0 radical (unpaired) electrons. The number of benzene rings is 2. The van der Waals surface area contributed by atoms with E-state index in [4.69, 9.17) is 21.1 Å². The van der Waals surface area contributed by atoms with Crippen molar-refractivity contribution in [2.75, 3.05) is 25.2 Å². The van der Waals surface area contributed by atoms with Crippen LogP contribution in [0.15, 0.2) is 65.2 Å². The number of halogens is 1. The topological polar surface area (TPSA) is 115 Å². The second-order valence-electron chi connectivity index (χ2n) is 14.0. The van der Waals surface area contributed by atoms with Crippen molar-refractivity contribution < 1.29 is 23.3 Å². The Balaban J connectivity index is 1.42. The van der Waals surface area contributed by atoms with Crippen LogP contribution in [-0.4, -0.2) is 57.4 Å². The zero-order chi connectivity index (χ0) is 36.0. The minimum atomic E-state index is -3.51. The Morgan fingerprint density at radius 2 is 1.98 bits per heavy atom. The number of rotatable bonds is 6. The Morgan fingerprint density at radius 3 is 2.73 bits per heavy atom. The van der Waals surface area contributed by atoms with E-state index in [9.17, 15) is 13.8 Å². The highest BCUT2D eigenvalue weighted by molar-refractivity contribution is 7.93. The van der Waals surface area contributed by atoms with Gasteiger partial charge in [-0.15, -0.1) is 4.36 Å². The van der Waals surface area contributed by atoms with Crippen LogP contribution in [0.4, 0.5) is 5.69 Å². The third kappa shape index (κ3) is 8.87. The summed E-state index contributed by atoms with van der Waals surface area (Å²) < 4.78 is 36.1. The summed E-state index contributed by atoms with van der Waals surface area (Å²) in [6.45, 7) is 3.81. The van der Waals surface area contributed by atoms with Gasteiger partial charge in [0.05, 0.1) is 23.6 Å². The maximum atomic E-state index is 14.8. The molecule has 1 aromatic heterocycles. The minimum absolute atomic E-state index is 0.0591. The summed E-state index contributed by atoms with van der Waals surface area (Å²) in [5.41, 5.74) is 4.37. The fourth-order valence-electron chi connectivity index (χ4n) is 7.55. The third-order valence-corrected chi connectivity index (χ3v) is 13.4. The first-order chi connectivity index (χ1) is 24.7. The molecule has 0 unspecified atom stereocenters. The first-order valence-electron chi connectivity index (χ1n) is 18.2. The molecule has 5 atom stereocenters. The van der Waals surface area contributed by atoms with E-state index in [2.05, 4.69) is 43.4 Å². The summed E-state index contributed by atoms with van der Waals surface area (Å²) in [7, 11) is 0.0687. The van der Waals surface area contributed by atoms with Gasteiger partial charge in [0.15, 0.2) is 0 Å². The number of nitrogens with one attached hydrogen (secondary N) is 1. The van der Waals surface area contributed by atoms with Crippen LogP contribution in [0.2, 0.25) is 5.02 Å². The van der Waals surface area contributed by atoms with Gasteiger partial charge in [-0.05, 0) is 117 Å². The van der Waals surface area contributed by atoms with Crippen molar-refractivity contribution >= 4 is 39.0 Å². The Morgan fingerprint density at radius 1 is 1.12 bits per heavy atom. The average Bonchev–Trinajstić information content (AvgIpc) is 3.51. The lowest BCUT2D eigenvalue weighted by atomic mass is 9.70. The third-order valence-electron chi connectivity index (χ3n) is 10.7. The number of carbonyl (C=O) groups is 2. The molecule has 1 aliphatic carbocycles. The minimum Gasteiger partial charge on any atom is -0.491 e. The van der Waals surface area contributed by atoms with E-state index in [0.717, 1.165) is 55.1 Å². The van der Waals surface area contributed by atoms with E-state index in [0.29, 0.717) is 62.0 Å². The zero-order valence-electron chi connectivity index (χ0n) is 29.9. The number of nitrogens with zero attached hydrogens (tertiary/aromatic N) is 4. The fraction of sp³-hybridized carbons (Fsp3) is 0.513. The molecule has 1 fully saturated rings. The molecule has 2 bridgehead atoms. The van der Waals surface area contributed by atoms with Crippen LogP contribution in [0, 0.1) is 11.8 Å². The average molecular weight is 736 g/mol. The summed E-state index contributed by atoms with van der Waals surface area (Å²) in [6.07, 6.45) is 12.8. The van der Waals surface area contributed by atoms with E-state index in [-0.39, 0.29) is 12.5 Å². The Labute approximate surface area is 307 Å². The number of aromatic nitrogens is 2. The van der Waals surface area contributed by atoms with Crippen LogP contribution in [0.1, 0.15) is 85.5 Å². The van der Waals surface area contributed by atoms with Crippen LogP contribution >= 0.6 is 11.6 Å². The van der Waals surface area contributed by atoms with Crippen molar-refractivity contribution in [2.45, 2.75) is 89.0 Å². The molecule has 2 amide bonds. The molecule has 1 N–H and O–H groups in total. The number of hydrogen-bond acceptors (Lipinski definition) is 7. The van der Waals surface area contributed by atoms with Gasteiger partial charge >= 0.3 is 0 Å². The van der Waals surface area contributed by atoms with E-state index in [1.54, 1.807) is 24.1 Å². The number of fused-ring (bicyclic) bond motifs is 3. The number of amides is 2. The molecule has 2 aliphatic heterocycles.